The second-order valence-corrected chi connectivity index (χ2v) is 4.49. The van der Waals surface area contributed by atoms with Crippen molar-refractivity contribution in [3.05, 3.63) is 0 Å². The molecule has 14 heavy (non-hydrogen) atoms. The minimum atomic E-state index is -0.724. The number of hydrogen-bond donors (Lipinski definition) is 2. The van der Waals surface area contributed by atoms with Crippen LogP contribution in [0.5, 0.6) is 0 Å². The Morgan fingerprint density at radius 2 is 2.29 bits per heavy atom. The molecule has 0 aromatic carbocycles. The van der Waals surface area contributed by atoms with Gasteiger partial charge in [0.25, 0.3) is 0 Å². The first-order valence-corrected chi connectivity index (χ1v) is 5.59. The monoisotopic (exact) mass is 199 g/mol. The molecule has 2 N–H and O–H groups in total. The lowest BCUT2D eigenvalue weighted by Gasteiger charge is -2.15. The van der Waals surface area contributed by atoms with E-state index in [9.17, 15) is 4.79 Å². The van der Waals surface area contributed by atoms with E-state index in [2.05, 4.69) is 12.2 Å². The molecule has 3 heteroatoms. The van der Waals surface area contributed by atoms with Crippen LogP contribution in [0.3, 0.4) is 0 Å². The Morgan fingerprint density at radius 1 is 1.57 bits per heavy atom. The van der Waals surface area contributed by atoms with Crippen molar-refractivity contribution in [2.45, 2.75) is 45.6 Å². The molecule has 0 radical (unpaired) electrons. The maximum atomic E-state index is 10.7. The predicted molar refractivity (Wildman–Crippen MR) is 56.2 cm³/mol. The van der Waals surface area contributed by atoms with Crippen molar-refractivity contribution in [1.29, 1.82) is 0 Å². The SMILES string of the molecule is CCC(NCC1CCC(C)C1)C(=O)O. The number of aliphatic carboxylic acids is 1. The van der Waals surface area contributed by atoms with Crippen molar-refractivity contribution < 1.29 is 9.90 Å². The number of nitrogens with one attached hydrogen (secondary N) is 1. The van der Waals surface area contributed by atoms with E-state index in [1.54, 1.807) is 0 Å². The molecule has 1 saturated carbocycles. The van der Waals surface area contributed by atoms with Crippen LogP contribution in [-0.4, -0.2) is 23.7 Å². The normalized spacial score (nSPS) is 29.0. The summed E-state index contributed by atoms with van der Waals surface area (Å²) < 4.78 is 0. The molecule has 0 bridgehead atoms. The highest BCUT2D eigenvalue weighted by atomic mass is 16.4. The molecule has 0 aromatic rings. The summed E-state index contributed by atoms with van der Waals surface area (Å²) in [4.78, 5) is 10.7. The van der Waals surface area contributed by atoms with Crippen LogP contribution in [0, 0.1) is 11.8 Å². The van der Waals surface area contributed by atoms with Crippen molar-refractivity contribution in [3.8, 4) is 0 Å². The third kappa shape index (κ3) is 3.29. The first-order valence-electron chi connectivity index (χ1n) is 5.59. The van der Waals surface area contributed by atoms with E-state index < -0.39 is 5.97 Å². The lowest BCUT2D eigenvalue weighted by Crippen LogP contribution is -2.38. The number of rotatable bonds is 5. The van der Waals surface area contributed by atoms with E-state index in [1.807, 2.05) is 6.92 Å². The number of carboxylic acids is 1. The van der Waals surface area contributed by atoms with E-state index >= 15 is 0 Å². The molecule has 1 aliphatic carbocycles. The highest BCUT2D eigenvalue weighted by Crippen LogP contribution is 2.29. The zero-order valence-corrected chi connectivity index (χ0v) is 9.12. The van der Waals surface area contributed by atoms with Gasteiger partial charge in [-0.2, -0.15) is 0 Å². The van der Waals surface area contributed by atoms with Crippen LogP contribution in [0.2, 0.25) is 0 Å². The van der Waals surface area contributed by atoms with Crippen molar-refractivity contribution in [1.82, 2.24) is 5.32 Å². The molecule has 1 rings (SSSR count). The van der Waals surface area contributed by atoms with Crippen molar-refractivity contribution in [2.75, 3.05) is 6.54 Å². The lowest BCUT2D eigenvalue weighted by atomic mass is 10.1. The fourth-order valence-electron chi connectivity index (χ4n) is 2.23. The van der Waals surface area contributed by atoms with Crippen molar-refractivity contribution in [2.24, 2.45) is 11.8 Å². The van der Waals surface area contributed by atoms with Crippen molar-refractivity contribution in [3.63, 3.8) is 0 Å². The third-order valence-electron chi connectivity index (χ3n) is 3.16. The lowest BCUT2D eigenvalue weighted by molar-refractivity contribution is -0.139. The molecule has 0 aliphatic heterocycles. The van der Waals surface area contributed by atoms with Gasteiger partial charge < -0.3 is 10.4 Å². The van der Waals surface area contributed by atoms with Gasteiger partial charge in [-0.25, -0.2) is 0 Å². The van der Waals surface area contributed by atoms with Gasteiger partial charge in [-0.05, 0) is 37.6 Å². The maximum absolute atomic E-state index is 10.7. The second-order valence-electron chi connectivity index (χ2n) is 4.49. The summed E-state index contributed by atoms with van der Waals surface area (Å²) in [5.41, 5.74) is 0. The van der Waals surface area contributed by atoms with Gasteiger partial charge in [0.15, 0.2) is 0 Å². The van der Waals surface area contributed by atoms with E-state index in [0.29, 0.717) is 12.3 Å². The quantitative estimate of drug-likeness (QED) is 0.710. The summed E-state index contributed by atoms with van der Waals surface area (Å²) in [7, 11) is 0. The van der Waals surface area contributed by atoms with E-state index in [-0.39, 0.29) is 6.04 Å². The number of hydrogen-bond acceptors (Lipinski definition) is 2. The van der Waals surface area contributed by atoms with Gasteiger partial charge in [-0.15, -0.1) is 0 Å². The van der Waals surface area contributed by atoms with Gasteiger partial charge in [-0.1, -0.05) is 20.3 Å². The molecule has 1 fully saturated rings. The first-order chi connectivity index (χ1) is 6.63. The Morgan fingerprint density at radius 3 is 2.71 bits per heavy atom. The zero-order chi connectivity index (χ0) is 10.6. The molecule has 3 atom stereocenters. The summed E-state index contributed by atoms with van der Waals surface area (Å²) >= 11 is 0. The first kappa shape index (κ1) is 11.5. The molecule has 0 heterocycles. The van der Waals surface area contributed by atoms with E-state index in [0.717, 1.165) is 12.5 Å². The van der Waals surface area contributed by atoms with Gasteiger partial charge >= 0.3 is 5.97 Å². The topological polar surface area (TPSA) is 49.3 Å². The van der Waals surface area contributed by atoms with Crippen molar-refractivity contribution >= 4 is 5.97 Å². The molecule has 82 valence electrons. The summed E-state index contributed by atoms with van der Waals surface area (Å²) in [5.74, 6) is 0.795. The molecule has 0 saturated heterocycles. The van der Waals surface area contributed by atoms with Gasteiger partial charge in [0.05, 0.1) is 0 Å². The van der Waals surface area contributed by atoms with E-state index in [1.165, 1.54) is 19.3 Å². The van der Waals surface area contributed by atoms with Crippen LogP contribution >= 0.6 is 0 Å². The van der Waals surface area contributed by atoms with Crippen LogP contribution in [0.1, 0.15) is 39.5 Å². The Bertz CT molecular complexity index is 194. The average Bonchev–Trinajstić information content (AvgIpc) is 2.52. The van der Waals surface area contributed by atoms with Crippen LogP contribution in [0.15, 0.2) is 0 Å². The van der Waals surface area contributed by atoms with Gasteiger partial charge in [-0.3, -0.25) is 4.79 Å². The highest BCUT2D eigenvalue weighted by Gasteiger charge is 2.23. The second kappa shape index (κ2) is 5.35. The molecular weight excluding hydrogens is 178 g/mol. The number of carboxylic acid groups (broad SMARTS) is 1. The fourth-order valence-corrected chi connectivity index (χ4v) is 2.23. The minimum absolute atomic E-state index is 0.356. The largest absolute Gasteiger partial charge is 0.480 e. The smallest absolute Gasteiger partial charge is 0.320 e. The van der Waals surface area contributed by atoms with Gasteiger partial charge in [0.1, 0.15) is 6.04 Å². The van der Waals surface area contributed by atoms with E-state index in [4.69, 9.17) is 5.11 Å². The minimum Gasteiger partial charge on any atom is -0.480 e. The molecular formula is C11H21NO2. The van der Waals surface area contributed by atoms with Crippen LogP contribution < -0.4 is 5.32 Å². The molecule has 3 nitrogen and oxygen atoms in total. The van der Waals surface area contributed by atoms with Gasteiger partial charge in [0, 0.05) is 0 Å². The fraction of sp³-hybridized carbons (Fsp3) is 0.909. The number of carbonyl (C=O) groups is 1. The molecule has 3 unspecified atom stereocenters. The van der Waals surface area contributed by atoms with Crippen LogP contribution in [0.4, 0.5) is 0 Å². The highest BCUT2D eigenvalue weighted by molar-refractivity contribution is 5.73. The summed E-state index contributed by atoms with van der Waals surface area (Å²) in [5, 5.41) is 12.0. The third-order valence-corrected chi connectivity index (χ3v) is 3.16. The Hall–Kier alpha value is -0.570. The Balaban J connectivity index is 2.22. The molecule has 0 aromatic heterocycles. The Labute approximate surface area is 85.9 Å². The molecule has 0 amide bonds. The Kier molecular flexibility index (Phi) is 4.39. The predicted octanol–water partition coefficient (Wildman–Crippen LogP) is 1.88. The van der Waals surface area contributed by atoms with Crippen LogP contribution in [-0.2, 0) is 4.79 Å². The summed E-state index contributed by atoms with van der Waals surface area (Å²) in [6.07, 6.45) is 4.47. The molecule has 1 aliphatic rings. The standard InChI is InChI=1S/C11H21NO2/c1-3-10(11(13)14)12-7-9-5-4-8(2)6-9/h8-10,12H,3-7H2,1-2H3,(H,13,14). The average molecular weight is 199 g/mol. The summed E-state index contributed by atoms with van der Waals surface area (Å²) in [6.45, 7) is 5.05. The maximum Gasteiger partial charge on any atom is 0.320 e. The summed E-state index contributed by atoms with van der Waals surface area (Å²) in [6, 6.07) is -0.356. The van der Waals surface area contributed by atoms with Crippen LogP contribution in [0.25, 0.3) is 0 Å². The molecule has 0 spiro atoms. The van der Waals surface area contributed by atoms with Gasteiger partial charge in [0.2, 0.25) is 0 Å². The zero-order valence-electron chi connectivity index (χ0n) is 9.12.